The standard InChI is InChI=1S/C23H17NS.ClH/c24-21-13-11-19(12-14-21)23-16-20(17-7-3-1-4-8-17)15-22(25-23)18-9-5-2-6-10-18;/h1-16,24H;1H. The Kier molecular flexibility index (Phi) is 5.77. The molecule has 128 valence electrons. The van der Waals surface area contributed by atoms with Crippen LogP contribution >= 0.6 is 11.8 Å². The summed E-state index contributed by atoms with van der Waals surface area (Å²) in [6.45, 7) is 0. The van der Waals surface area contributed by atoms with Crippen molar-refractivity contribution in [2.75, 3.05) is 0 Å². The smallest absolute Gasteiger partial charge is 0.196 e. The number of hydrogen-bond donors (Lipinski definition) is 1. The molecule has 1 heterocycles. The van der Waals surface area contributed by atoms with Gasteiger partial charge in [0.05, 0.1) is 0 Å². The first-order chi connectivity index (χ1) is 12.3. The summed E-state index contributed by atoms with van der Waals surface area (Å²) < 4.78 is 0. The van der Waals surface area contributed by atoms with Crippen molar-refractivity contribution in [1.82, 2.24) is 0 Å². The van der Waals surface area contributed by atoms with Crippen LogP contribution in [0.15, 0.2) is 108 Å². The predicted octanol–water partition coefficient (Wildman–Crippen LogP) is 1.44. The summed E-state index contributed by atoms with van der Waals surface area (Å²) in [5.41, 5.74) is 5.67. The zero-order valence-electron chi connectivity index (χ0n) is 14.1. The second-order valence-corrected chi connectivity index (χ2v) is 7.01. The van der Waals surface area contributed by atoms with E-state index in [4.69, 9.17) is 5.41 Å². The van der Waals surface area contributed by atoms with Gasteiger partial charge in [0.2, 0.25) is 0 Å². The van der Waals surface area contributed by atoms with Crippen molar-refractivity contribution < 1.29 is 17.8 Å². The Bertz CT molecular complexity index is 946. The topological polar surface area (TPSA) is 25.6 Å². The lowest BCUT2D eigenvalue weighted by molar-refractivity contribution is -0.110. The molecule has 2 aromatic carbocycles. The number of thioether (sulfide) groups is 1. The summed E-state index contributed by atoms with van der Waals surface area (Å²) >= 11 is 1.80. The average Bonchev–Trinajstić information content (AvgIpc) is 2.69. The Labute approximate surface area is 164 Å². The Morgan fingerprint density at radius 2 is 1.23 bits per heavy atom. The summed E-state index contributed by atoms with van der Waals surface area (Å²) in [6.07, 6.45) is 12.6. The van der Waals surface area contributed by atoms with Crippen molar-refractivity contribution in [1.29, 1.82) is 0 Å². The third kappa shape index (κ3) is 3.98. The quantitative estimate of drug-likeness (QED) is 0.844. The molecule has 0 radical (unpaired) electrons. The maximum atomic E-state index is 5.85. The van der Waals surface area contributed by atoms with Gasteiger partial charge >= 0.3 is 0 Å². The minimum atomic E-state index is 0. The average molecular weight is 376 g/mol. The molecule has 2 aliphatic rings. The van der Waals surface area contributed by atoms with Crippen molar-refractivity contribution in [3.8, 4) is 0 Å². The van der Waals surface area contributed by atoms with Crippen molar-refractivity contribution in [3.63, 3.8) is 0 Å². The van der Waals surface area contributed by atoms with Gasteiger partial charge in [-0.2, -0.15) is 0 Å². The molecule has 26 heavy (non-hydrogen) atoms. The monoisotopic (exact) mass is 375 g/mol. The van der Waals surface area contributed by atoms with Crippen LogP contribution in [-0.2, 0) is 0 Å². The predicted molar refractivity (Wildman–Crippen MR) is 109 cm³/mol. The normalized spacial score (nSPS) is 16.1. The van der Waals surface area contributed by atoms with Gasteiger partial charge in [0.15, 0.2) is 5.71 Å². The van der Waals surface area contributed by atoms with Gasteiger partial charge in [-0.1, -0.05) is 72.4 Å². The number of benzene rings is 2. The van der Waals surface area contributed by atoms with Crippen LogP contribution in [0.2, 0.25) is 0 Å². The Morgan fingerprint density at radius 1 is 0.654 bits per heavy atom. The van der Waals surface area contributed by atoms with E-state index in [0.29, 0.717) is 0 Å². The molecule has 4 rings (SSSR count). The maximum absolute atomic E-state index is 5.85. The molecule has 0 aromatic heterocycles. The zero-order chi connectivity index (χ0) is 17.1. The first kappa shape index (κ1) is 18.2. The number of nitrogens with two attached hydrogens (primary N) is 1. The van der Waals surface area contributed by atoms with Crippen molar-refractivity contribution in [2.24, 2.45) is 0 Å². The number of halogens is 1. The molecule has 1 nitrogen and oxygen atoms in total. The van der Waals surface area contributed by atoms with Gasteiger partial charge in [0, 0.05) is 22.0 Å². The van der Waals surface area contributed by atoms with Crippen LogP contribution in [0.3, 0.4) is 0 Å². The molecule has 0 amide bonds. The van der Waals surface area contributed by atoms with Crippen LogP contribution in [-0.4, -0.2) is 5.71 Å². The van der Waals surface area contributed by atoms with Gasteiger partial charge in [-0.25, -0.2) is 0 Å². The molecule has 0 atom stereocenters. The fourth-order valence-corrected chi connectivity index (χ4v) is 3.95. The molecule has 1 aliphatic carbocycles. The first-order valence-corrected chi connectivity index (χ1v) is 9.06. The van der Waals surface area contributed by atoms with E-state index >= 15 is 0 Å². The molecule has 2 aromatic rings. The van der Waals surface area contributed by atoms with Gasteiger partial charge in [0.1, 0.15) is 0 Å². The lowest BCUT2D eigenvalue weighted by Gasteiger charge is -2.18. The minimum absolute atomic E-state index is 0. The Balaban J connectivity index is 0.00000196. The Morgan fingerprint density at radius 3 is 1.85 bits per heavy atom. The van der Waals surface area contributed by atoms with Gasteiger partial charge in [-0.15, -0.1) is 0 Å². The third-order valence-corrected chi connectivity index (χ3v) is 5.30. The summed E-state index contributed by atoms with van der Waals surface area (Å²) in [6, 6.07) is 21.1. The number of hydrogen-bond acceptors (Lipinski definition) is 1. The highest BCUT2D eigenvalue weighted by Gasteiger charge is 2.16. The van der Waals surface area contributed by atoms with E-state index in [0.717, 1.165) is 5.71 Å². The molecule has 0 fully saturated rings. The van der Waals surface area contributed by atoms with E-state index in [1.807, 2.05) is 18.2 Å². The largest absolute Gasteiger partial charge is 1.00 e. The summed E-state index contributed by atoms with van der Waals surface area (Å²) in [4.78, 5) is 2.49. The summed E-state index contributed by atoms with van der Waals surface area (Å²) in [7, 11) is 0. The first-order valence-electron chi connectivity index (χ1n) is 8.24. The fraction of sp³-hybridized carbons (Fsp3) is 0. The number of allylic oxidation sites excluding steroid dienone is 8. The third-order valence-electron chi connectivity index (χ3n) is 4.15. The van der Waals surface area contributed by atoms with Crippen molar-refractivity contribution >= 4 is 28.0 Å². The molecule has 3 heteroatoms. The van der Waals surface area contributed by atoms with Gasteiger partial charge < -0.3 is 12.4 Å². The Hall–Kier alpha value is -2.55. The minimum Gasteiger partial charge on any atom is -1.00 e. The van der Waals surface area contributed by atoms with E-state index in [-0.39, 0.29) is 12.4 Å². The van der Waals surface area contributed by atoms with Crippen LogP contribution < -0.4 is 17.8 Å². The van der Waals surface area contributed by atoms with Crippen LogP contribution in [0.1, 0.15) is 11.1 Å². The van der Waals surface area contributed by atoms with Crippen LogP contribution in [0, 0.1) is 0 Å². The van der Waals surface area contributed by atoms with E-state index in [1.165, 1.54) is 32.1 Å². The van der Waals surface area contributed by atoms with E-state index in [9.17, 15) is 0 Å². The molecule has 2 N–H and O–H groups in total. The van der Waals surface area contributed by atoms with Crippen LogP contribution in [0.5, 0.6) is 0 Å². The summed E-state index contributed by atoms with van der Waals surface area (Å²) in [5.74, 6) is 0. The highest BCUT2D eigenvalue weighted by Crippen LogP contribution is 2.43. The molecule has 1 aliphatic heterocycles. The summed E-state index contributed by atoms with van der Waals surface area (Å²) in [5, 5.41) is 5.85. The van der Waals surface area contributed by atoms with Crippen molar-refractivity contribution in [3.05, 3.63) is 119 Å². The van der Waals surface area contributed by atoms with Gasteiger partial charge in [-0.05, 0) is 46.6 Å². The maximum Gasteiger partial charge on any atom is 0.196 e. The zero-order valence-corrected chi connectivity index (χ0v) is 15.7. The molecular weight excluding hydrogens is 358 g/mol. The van der Waals surface area contributed by atoms with Crippen LogP contribution in [0.25, 0.3) is 10.5 Å². The molecule has 0 saturated carbocycles. The molecule has 0 unspecified atom stereocenters. The number of rotatable bonds is 2. The van der Waals surface area contributed by atoms with Gasteiger partial charge in [-0.3, -0.25) is 5.41 Å². The second kappa shape index (κ2) is 8.22. The van der Waals surface area contributed by atoms with E-state index in [1.54, 1.807) is 11.8 Å². The van der Waals surface area contributed by atoms with Crippen LogP contribution in [0.4, 0.5) is 0 Å². The molecular formula is C23H18ClNS. The lowest BCUT2D eigenvalue weighted by atomic mass is 10.0. The lowest BCUT2D eigenvalue weighted by Crippen LogP contribution is -3.00. The molecule has 0 saturated heterocycles. The SMILES string of the molecule is [Cl-].[NH2+]=C1C=CC(=C2C=C(c3ccccc3)C=C(c3ccccc3)S2)C=C1. The van der Waals surface area contributed by atoms with Crippen molar-refractivity contribution in [2.45, 2.75) is 0 Å². The molecule has 0 spiro atoms. The van der Waals surface area contributed by atoms with E-state index < -0.39 is 0 Å². The molecule has 0 bridgehead atoms. The highest BCUT2D eigenvalue weighted by molar-refractivity contribution is 8.12. The highest BCUT2D eigenvalue weighted by atomic mass is 35.5. The van der Waals surface area contributed by atoms with Gasteiger partial charge in [0.25, 0.3) is 0 Å². The van der Waals surface area contributed by atoms with E-state index in [2.05, 4.69) is 78.9 Å². The second-order valence-electron chi connectivity index (χ2n) is 5.93. The fourth-order valence-electron chi connectivity index (χ4n) is 2.83.